The van der Waals surface area contributed by atoms with E-state index in [9.17, 15) is 5.11 Å². The van der Waals surface area contributed by atoms with Gasteiger partial charge in [-0.2, -0.15) is 0 Å². The van der Waals surface area contributed by atoms with Crippen LogP contribution in [-0.2, 0) is 5.60 Å². The van der Waals surface area contributed by atoms with Gasteiger partial charge in [0.15, 0.2) is 0 Å². The summed E-state index contributed by atoms with van der Waals surface area (Å²) in [5.41, 5.74) is 2.44. The molecule has 26 heavy (non-hydrogen) atoms. The average molecular weight is 372 g/mol. The lowest BCUT2D eigenvalue weighted by Crippen LogP contribution is -2.45. The molecular formula is C23H30ClNO. The van der Waals surface area contributed by atoms with Crippen molar-refractivity contribution < 1.29 is 5.11 Å². The van der Waals surface area contributed by atoms with Gasteiger partial charge in [-0.25, -0.2) is 0 Å². The Labute approximate surface area is 162 Å². The molecule has 0 amide bonds. The Morgan fingerprint density at radius 2 is 1.46 bits per heavy atom. The molecule has 140 valence electrons. The van der Waals surface area contributed by atoms with Crippen molar-refractivity contribution in [3.63, 3.8) is 0 Å². The van der Waals surface area contributed by atoms with Crippen molar-refractivity contribution in [1.29, 1.82) is 0 Å². The van der Waals surface area contributed by atoms with Crippen molar-refractivity contribution in [2.75, 3.05) is 6.54 Å². The summed E-state index contributed by atoms with van der Waals surface area (Å²) in [5.74, 6) is 0. The van der Waals surface area contributed by atoms with Crippen LogP contribution < -0.4 is 0 Å². The van der Waals surface area contributed by atoms with E-state index in [1.54, 1.807) is 0 Å². The highest BCUT2D eigenvalue weighted by Crippen LogP contribution is 2.30. The maximum Gasteiger partial charge on any atom is 0.0880 e. The fourth-order valence-corrected chi connectivity index (χ4v) is 4.20. The summed E-state index contributed by atoms with van der Waals surface area (Å²) >= 11 is 5.97. The number of aliphatic hydroxyl groups is 1. The van der Waals surface area contributed by atoms with Gasteiger partial charge in [-0.15, -0.1) is 0 Å². The van der Waals surface area contributed by atoms with Crippen LogP contribution in [0.3, 0.4) is 0 Å². The zero-order chi connectivity index (χ0) is 18.7. The molecule has 0 saturated carbocycles. The molecule has 3 rings (SSSR count). The van der Waals surface area contributed by atoms with Crippen molar-refractivity contribution in [2.24, 2.45) is 0 Å². The Balaban J connectivity index is 1.67. The van der Waals surface area contributed by atoms with Crippen LogP contribution in [-0.4, -0.2) is 28.6 Å². The van der Waals surface area contributed by atoms with Crippen LogP contribution in [0.1, 0.15) is 52.0 Å². The molecule has 0 aromatic heterocycles. The molecule has 3 heteroatoms. The molecule has 3 atom stereocenters. The lowest BCUT2D eigenvalue weighted by molar-refractivity contribution is 0.0161. The largest absolute Gasteiger partial charge is 0.385 e. The van der Waals surface area contributed by atoms with Crippen LogP contribution >= 0.6 is 11.6 Å². The van der Waals surface area contributed by atoms with E-state index in [2.05, 4.69) is 30.9 Å². The van der Waals surface area contributed by atoms with Gasteiger partial charge in [0, 0.05) is 23.7 Å². The minimum absolute atomic E-state index is 0.613. The molecule has 2 aromatic rings. The van der Waals surface area contributed by atoms with E-state index in [0.29, 0.717) is 12.1 Å². The zero-order valence-corrected chi connectivity index (χ0v) is 16.8. The third-order valence-electron chi connectivity index (χ3n) is 5.92. The Morgan fingerprint density at radius 1 is 0.962 bits per heavy atom. The molecule has 0 radical (unpaired) electrons. The summed E-state index contributed by atoms with van der Waals surface area (Å²) in [6, 6.07) is 17.3. The summed E-state index contributed by atoms with van der Waals surface area (Å²) in [4.78, 5) is 2.56. The van der Waals surface area contributed by atoms with Gasteiger partial charge in [0.25, 0.3) is 0 Å². The summed E-state index contributed by atoms with van der Waals surface area (Å²) < 4.78 is 0. The molecule has 1 saturated heterocycles. The number of piperidine rings is 1. The van der Waals surface area contributed by atoms with Crippen molar-refractivity contribution in [3.8, 4) is 11.1 Å². The van der Waals surface area contributed by atoms with Gasteiger partial charge >= 0.3 is 0 Å². The highest BCUT2D eigenvalue weighted by atomic mass is 35.5. The van der Waals surface area contributed by atoms with Gasteiger partial charge in [0.1, 0.15) is 0 Å². The summed E-state index contributed by atoms with van der Waals surface area (Å²) in [7, 11) is 0. The first kappa shape index (κ1) is 19.4. The van der Waals surface area contributed by atoms with Crippen molar-refractivity contribution in [2.45, 2.75) is 64.1 Å². The normalized spacial score (nSPS) is 23.6. The lowest BCUT2D eigenvalue weighted by atomic mass is 9.89. The molecule has 1 aliphatic rings. The monoisotopic (exact) mass is 371 g/mol. The topological polar surface area (TPSA) is 23.5 Å². The molecule has 0 aliphatic carbocycles. The quantitative estimate of drug-likeness (QED) is 0.710. The van der Waals surface area contributed by atoms with E-state index < -0.39 is 5.60 Å². The molecule has 2 aromatic carbocycles. The maximum absolute atomic E-state index is 11.0. The first-order valence-corrected chi connectivity index (χ1v) is 10.1. The van der Waals surface area contributed by atoms with Crippen LogP contribution in [0, 0.1) is 0 Å². The summed E-state index contributed by atoms with van der Waals surface area (Å²) in [6.07, 6.45) is 4.61. The van der Waals surface area contributed by atoms with Crippen molar-refractivity contribution >= 4 is 11.6 Å². The molecular weight excluding hydrogens is 342 g/mol. The molecule has 1 N–H and O–H groups in total. The number of rotatable bonds is 5. The third kappa shape index (κ3) is 4.49. The highest BCUT2D eigenvalue weighted by molar-refractivity contribution is 6.30. The Bertz CT molecular complexity index is 698. The number of likely N-dealkylation sites (tertiary alicyclic amines) is 1. The van der Waals surface area contributed by atoms with Gasteiger partial charge in [0.05, 0.1) is 5.60 Å². The van der Waals surface area contributed by atoms with E-state index in [1.165, 1.54) is 19.3 Å². The van der Waals surface area contributed by atoms with Crippen LogP contribution in [0.2, 0.25) is 5.02 Å². The predicted octanol–water partition coefficient (Wildman–Crippen LogP) is 5.87. The minimum atomic E-state index is -0.810. The second kappa shape index (κ2) is 8.12. The number of benzene rings is 2. The fraction of sp³-hybridized carbons (Fsp3) is 0.478. The van der Waals surface area contributed by atoms with Crippen molar-refractivity contribution in [1.82, 2.24) is 4.90 Å². The van der Waals surface area contributed by atoms with Crippen LogP contribution in [0.15, 0.2) is 48.5 Å². The van der Waals surface area contributed by atoms with Gasteiger partial charge in [-0.3, -0.25) is 4.90 Å². The van der Waals surface area contributed by atoms with Crippen molar-refractivity contribution in [3.05, 3.63) is 59.1 Å². The van der Waals surface area contributed by atoms with E-state index >= 15 is 0 Å². The zero-order valence-electron chi connectivity index (χ0n) is 16.1. The van der Waals surface area contributed by atoms with Gasteiger partial charge < -0.3 is 5.11 Å². The Kier molecular flexibility index (Phi) is 6.06. The predicted molar refractivity (Wildman–Crippen MR) is 111 cm³/mol. The van der Waals surface area contributed by atoms with E-state index in [1.807, 2.05) is 43.3 Å². The van der Waals surface area contributed by atoms with Crippen LogP contribution in [0.25, 0.3) is 11.1 Å². The number of hydrogen-bond acceptors (Lipinski definition) is 2. The summed E-state index contributed by atoms with van der Waals surface area (Å²) in [5, 5.41) is 11.8. The smallest absolute Gasteiger partial charge is 0.0880 e. The Hall–Kier alpha value is -1.35. The molecule has 2 nitrogen and oxygen atoms in total. The molecule has 0 spiro atoms. The van der Waals surface area contributed by atoms with E-state index in [-0.39, 0.29) is 0 Å². The Morgan fingerprint density at radius 3 is 2.00 bits per heavy atom. The molecule has 1 heterocycles. The number of nitrogens with zero attached hydrogens (tertiary/aromatic N) is 1. The SMILES string of the molecule is CC1CCCC(C)N1CCC(C)(O)c1ccc(-c2ccc(Cl)cc2)cc1. The van der Waals surface area contributed by atoms with Gasteiger partial charge in [-0.05, 0) is 68.9 Å². The second-order valence-corrected chi connectivity index (χ2v) is 8.41. The highest BCUT2D eigenvalue weighted by Gasteiger charge is 2.29. The van der Waals surface area contributed by atoms with Crippen LogP contribution in [0.4, 0.5) is 0 Å². The first-order chi connectivity index (χ1) is 12.4. The van der Waals surface area contributed by atoms with Gasteiger partial charge in [0.2, 0.25) is 0 Å². The summed E-state index contributed by atoms with van der Waals surface area (Å²) in [6.45, 7) is 7.49. The maximum atomic E-state index is 11.0. The van der Waals surface area contributed by atoms with E-state index in [4.69, 9.17) is 11.6 Å². The lowest BCUT2D eigenvalue weighted by Gasteiger charge is -2.40. The third-order valence-corrected chi connectivity index (χ3v) is 6.17. The van der Waals surface area contributed by atoms with Gasteiger partial charge in [-0.1, -0.05) is 54.4 Å². The average Bonchev–Trinajstić information content (AvgIpc) is 2.62. The number of hydrogen-bond donors (Lipinski definition) is 1. The standard InChI is InChI=1S/C23H30ClNO/c1-17-5-4-6-18(2)25(17)16-15-23(3,26)21-11-7-19(8-12-21)20-9-13-22(24)14-10-20/h7-14,17-18,26H,4-6,15-16H2,1-3H3. The van der Waals surface area contributed by atoms with E-state index in [0.717, 1.165) is 34.7 Å². The molecule has 1 fully saturated rings. The molecule has 3 unspecified atom stereocenters. The van der Waals surface area contributed by atoms with Crippen LogP contribution in [0.5, 0.6) is 0 Å². The second-order valence-electron chi connectivity index (χ2n) is 7.97. The minimum Gasteiger partial charge on any atom is -0.385 e. The number of halogens is 1. The first-order valence-electron chi connectivity index (χ1n) is 9.71. The molecule has 0 bridgehead atoms. The molecule has 1 aliphatic heterocycles. The fourth-order valence-electron chi connectivity index (χ4n) is 4.07.